The molecule has 152 valence electrons. The van der Waals surface area contributed by atoms with Gasteiger partial charge in [0, 0.05) is 0 Å². The van der Waals surface area contributed by atoms with Crippen LogP contribution in [0.1, 0.15) is 37.9 Å². The van der Waals surface area contributed by atoms with Gasteiger partial charge in [-0.2, -0.15) is 0 Å². The molecule has 0 aliphatic carbocycles. The molecule has 2 aromatic carbocycles. The lowest BCUT2D eigenvalue weighted by Crippen LogP contribution is -2.48. The number of anilines is 1. The zero-order valence-electron chi connectivity index (χ0n) is 17.0. The molecule has 6 nitrogen and oxygen atoms in total. The molecule has 0 bridgehead atoms. The SMILES string of the molecule is CCc1ccc(N([C@@H](C)C(=O)N[C@H](C)c2ccc(OC)cc2)S(C)(=O)=O)cc1. The second-order valence-corrected chi connectivity index (χ2v) is 8.62. The number of benzene rings is 2. The molecule has 0 saturated carbocycles. The lowest BCUT2D eigenvalue weighted by Gasteiger charge is -2.29. The van der Waals surface area contributed by atoms with E-state index in [1.54, 1.807) is 26.2 Å². The molecule has 7 heteroatoms. The van der Waals surface area contributed by atoms with E-state index < -0.39 is 16.1 Å². The molecule has 0 saturated heterocycles. The second kappa shape index (κ2) is 9.10. The van der Waals surface area contributed by atoms with E-state index >= 15 is 0 Å². The van der Waals surface area contributed by atoms with Crippen LogP contribution in [-0.4, -0.2) is 33.7 Å². The summed E-state index contributed by atoms with van der Waals surface area (Å²) in [5, 5.41) is 2.89. The molecule has 0 aromatic heterocycles. The van der Waals surface area contributed by atoms with E-state index in [0.29, 0.717) is 5.69 Å². The minimum absolute atomic E-state index is 0.273. The van der Waals surface area contributed by atoms with Gasteiger partial charge >= 0.3 is 0 Å². The highest BCUT2D eigenvalue weighted by atomic mass is 32.2. The molecule has 28 heavy (non-hydrogen) atoms. The van der Waals surface area contributed by atoms with Crippen LogP contribution in [0, 0.1) is 0 Å². The van der Waals surface area contributed by atoms with E-state index in [1.807, 2.05) is 50.2 Å². The van der Waals surface area contributed by atoms with Gasteiger partial charge in [-0.3, -0.25) is 9.10 Å². The molecule has 0 spiro atoms. The van der Waals surface area contributed by atoms with Gasteiger partial charge in [0.15, 0.2) is 0 Å². The number of ether oxygens (including phenoxy) is 1. The van der Waals surface area contributed by atoms with Gasteiger partial charge in [0.05, 0.1) is 25.1 Å². The zero-order chi connectivity index (χ0) is 20.9. The summed E-state index contributed by atoms with van der Waals surface area (Å²) in [5.41, 5.74) is 2.47. The maximum atomic E-state index is 12.8. The molecule has 0 unspecified atom stereocenters. The van der Waals surface area contributed by atoms with Crippen LogP contribution < -0.4 is 14.4 Å². The van der Waals surface area contributed by atoms with Gasteiger partial charge in [-0.15, -0.1) is 0 Å². The van der Waals surface area contributed by atoms with Crippen LogP contribution in [0.15, 0.2) is 48.5 Å². The normalized spacial score (nSPS) is 13.5. The predicted molar refractivity (Wildman–Crippen MR) is 112 cm³/mol. The maximum absolute atomic E-state index is 12.8. The van der Waals surface area contributed by atoms with Gasteiger partial charge < -0.3 is 10.1 Å². The molecular weight excluding hydrogens is 376 g/mol. The summed E-state index contributed by atoms with van der Waals surface area (Å²) in [6.07, 6.45) is 1.96. The summed E-state index contributed by atoms with van der Waals surface area (Å²) in [6, 6.07) is 13.4. The largest absolute Gasteiger partial charge is 0.497 e. The number of nitrogens with one attached hydrogen (secondary N) is 1. The van der Waals surface area contributed by atoms with Crippen LogP contribution >= 0.6 is 0 Å². The first kappa shape index (κ1) is 21.8. The third-order valence-electron chi connectivity index (χ3n) is 4.66. The lowest BCUT2D eigenvalue weighted by atomic mass is 10.1. The van der Waals surface area contributed by atoms with Gasteiger partial charge in [0.1, 0.15) is 11.8 Å². The van der Waals surface area contributed by atoms with E-state index in [9.17, 15) is 13.2 Å². The Kier molecular flexibility index (Phi) is 7.07. The molecule has 0 aliphatic heterocycles. The molecule has 2 aromatic rings. The standard InChI is InChI=1S/C21H28N2O4S/c1-6-17-7-11-19(12-8-17)23(28(5,25)26)16(3)21(24)22-15(2)18-9-13-20(27-4)14-10-18/h7-16H,6H2,1-5H3,(H,22,24)/t15-,16+/m1/s1. The number of carbonyl (C=O) groups is 1. The summed E-state index contributed by atoms with van der Waals surface area (Å²) in [5.74, 6) is 0.364. The molecule has 0 heterocycles. The van der Waals surface area contributed by atoms with Crippen molar-refractivity contribution in [3.63, 3.8) is 0 Å². The van der Waals surface area contributed by atoms with E-state index in [1.165, 1.54) is 0 Å². The van der Waals surface area contributed by atoms with Crippen molar-refractivity contribution in [1.29, 1.82) is 0 Å². The summed E-state index contributed by atoms with van der Waals surface area (Å²) >= 11 is 0. The van der Waals surface area contributed by atoms with E-state index in [-0.39, 0.29) is 11.9 Å². The third kappa shape index (κ3) is 5.25. The Morgan fingerprint density at radius 1 is 1.07 bits per heavy atom. The summed E-state index contributed by atoms with van der Waals surface area (Å²) in [4.78, 5) is 12.8. The van der Waals surface area contributed by atoms with Gasteiger partial charge in [0.2, 0.25) is 15.9 Å². The number of hydrogen-bond acceptors (Lipinski definition) is 4. The van der Waals surface area contributed by atoms with E-state index in [0.717, 1.165) is 33.9 Å². The zero-order valence-corrected chi connectivity index (χ0v) is 17.8. The first-order valence-corrected chi connectivity index (χ1v) is 11.0. The Hall–Kier alpha value is -2.54. The van der Waals surface area contributed by atoms with E-state index in [2.05, 4.69) is 5.32 Å². The van der Waals surface area contributed by atoms with Crippen molar-refractivity contribution in [2.45, 2.75) is 39.3 Å². The van der Waals surface area contributed by atoms with Gasteiger partial charge in [-0.1, -0.05) is 31.2 Å². The van der Waals surface area contributed by atoms with Gasteiger partial charge in [-0.25, -0.2) is 8.42 Å². The number of hydrogen-bond donors (Lipinski definition) is 1. The van der Waals surface area contributed by atoms with Crippen LogP contribution in [0.25, 0.3) is 0 Å². The minimum atomic E-state index is -3.64. The van der Waals surface area contributed by atoms with Crippen LogP contribution in [0.2, 0.25) is 0 Å². The summed E-state index contributed by atoms with van der Waals surface area (Å²) < 4.78 is 31.1. The van der Waals surface area contributed by atoms with Crippen molar-refractivity contribution in [2.75, 3.05) is 17.7 Å². The fourth-order valence-corrected chi connectivity index (χ4v) is 4.17. The number of methoxy groups -OCH3 is 1. The monoisotopic (exact) mass is 404 g/mol. The quantitative estimate of drug-likeness (QED) is 0.733. The number of amides is 1. The first-order valence-electron chi connectivity index (χ1n) is 9.20. The average Bonchev–Trinajstić information content (AvgIpc) is 2.67. The van der Waals surface area contributed by atoms with Crippen molar-refractivity contribution in [3.8, 4) is 5.75 Å². The van der Waals surface area contributed by atoms with Crippen LogP contribution in [0.3, 0.4) is 0 Å². The molecule has 0 radical (unpaired) electrons. The minimum Gasteiger partial charge on any atom is -0.497 e. The van der Waals surface area contributed by atoms with Crippen molar-refractivity contribution >= 4 is 21.6 Å². The number of rotatable bonds is 8. The van der Waals surface area contributed by atoms with Crippen molar-refractivity contribution in [1.82, 2.24) is 5.32 Å². The van der Waals surface area contributed by atoms with Crippen LogP contribution in [0.4, 0.5) is 5.69 Å². The highest BCUT2D eigenvalue weighted by Crippen LogP contribution is 2.23. The van der Waals surface area contributed by atoms with Gasteiger partial charge in [0.25, 0.3) is 0 Å². The van der Waals surface area contributed by atoms with Crippen LogP contribution in [0.5, 0.6) is 5.75 Å². The molecule has 1 amide bonds. The van der Waals surface area contributed by atoms with E-state index in [4.69, 9.17) is 4.74 Å². The van der Waals surface area contributed by atoms with Crippen molar-refractivity contribution in [3.05, 3.63) is 59.7 Å². The molecule has 0 fully saturated rings. The Labute approximate surface area is 167 Å². The Morgan fingerprint density at radius 3 is 2.11 bits per heavy atom. The third-order valence-corrected chi connectivity index (χ3v) is 5.90. The second-order valence-electron chi connectivity index (χ2n) is 6.76. The Morgan fingerprint density at radius 2 is 1.64 bits per heavy atom. The predicted octanol–water partition coefficient (Wildman–Crippen LogP) is 3.29. The molecule has 2 atom stereocenters. The molecule has 1 N–H and O–H groups in total. The molecule has 2 rings (SSSR count). The van der Waals surface area contributed by atoms with Gasteiger partial charge in [-0.05, 0) is 55.7 Å². The first-order chi connectivity index (χ1) is 13.2. The van der Waals surface area contributed by atoms with Crippen molar-refractivity contribution < 1.29 is 17.9 Å². The fourth-order valence-electron chi connectivity index (χ4n) is 3.00. The fraction of sp³-hybridized carbons (Fsp3) is 0.381. The number of nitrogens with zero attached hydrogens (tertiary/aromatic N) is 1. The lowest BCUT2D eigenvalue weighted by molar-refractivity contribution is -0.122. The van der Waals surface area contributed by atoms with Crippen LogP contribution in [-0.2, 0) is 21.2 Å². The number of sulfonamides is 1. The summed E-state index contributed by atoms with van der Waals surface area (Å²) in [7, 11) is -2.04. The van der Waals surface area contributed by atoms with Crippen molar-refractivity contribution in [2.24, 2.45) is 0 Å². The topological polar surface area (TPSA) is 75.7 Å². The smallest absolute Gasteiger partial charge is 0.244 e. The molecular formula is C21H28N2O4S. The number of carbonyl (C=O) groups excluding carboxylic acids is 1. The Bertz CT molecular complexity index is 893. The maximum Gasteiger partial charge on any atom is 0.244 e. The Balaban J connectivity index is 2.20. The number of aryl methyl sites for hydroxylation is 1. The highest BCUT2D eigenvalue weighted by molar-refractivity contribution is 7.92. The highest BCUT2D eigenvalue weighted by Gasteiger charge is 2.29. The molecule has 0 aliphatic rings. The average molecular weight is 405 g/mol. The summed E-state index contributed by atoms with van der Waals surface area (Å²) in [6.45, 7) is 5.47.